The van der Waals surface area contributed by atoms with E-state index in [9.17, 15) is 0 Å². The van der Waals surface area contributed by atoms with Gasteiger partial charge >= 0.3 is 0 Å². The van der Waals surface area contributed by atoms with Gasteiger partial charge in [-0.15, -0.1) is 11.6 Å². The lowest BCUT2D eigenvalue weighted by Gasteiger charge is -2.21. The van der Waals surface area contributed by atoms with Gasteiger partial charge in [0.1, 0.15) is 0 Å². The molecule has 0 fully saturated rings. The van der Waals surface area contributed by atoms with Crippen LogP contribution in [0.15, 0.2) is 0 Å². The molecule has 0 rings (SSSR count). The van der Waals surface area contributed by atoms with Gasteiger partial charge in [0.15, 0.2) is 0 Å². The van der Waals surface area contributed by atoms with Crippen LogP contribution in [0.1, 0.15) is 26.2 Å². The number of halogens is 1. The van der Waals surface area contributed by atoms with Gasteiger partial charge < -0.3 is 0 Å². The molecule has 0 aliphatic rings. The molecule has 0 heterocycles. The van der Waals surface area contributed by atoms with Crippen LogP contribution in [-0.4, -0.2) is 14.0 Å². The van der Waals surface area contributed by atoms with Crippen LogP contribution in [0.5, 0.6) is 0 Å². The van der Waals surface area contributed by atoms with Crippen LogP contribution in [0.25, 0.3) is 0 Å². The molecule has 0 amide bonds. The summed E-state index contributed by atoms with van der Waals surface area (Å²) in [7, 11) is -0.813. The molecule has 0 saturated heterocycles. The van der Waals surface area contributed by atoms with Gasteiger partial charge in [-0.05, 0) is 12.3 Å². The first kappa shape index (κ1) is 12.5. The molecule has 1 unspecified atom stereocenters. The van der Waals surface area contributed by atoms with Crippen molar-refractivity contribution in [3.8, 4) is 0 Å². The summed E-state index contributed by atoms with van der Waals surface area (Å²) in [5.74, 6) is 1.75. The highest BCUT2D eigenvalue weighted by Crippen LogP contribution is 2.20. The second kappa shape index (κ2) is 6.04. The quantitative estimate of drug-likeness (QED) is 0.344. The Morgan fingerprint density at radius 3 is 2.17 bits per heavy atom. The molecule has 0 saturated carbocycles. The van der Waals surface area contributed by atoms with Gasteiger partial charge in [0.2, 0.25) is 0 Å². The van der Waals surface area contributed by atoms with Crippen molar-refractivity contribution in [3.05, 3.63) is 0 Å². The van der Waals surface area contributed by atoms with E-state index in [2.05, 4.69) is 26.6 Å². The molecule has 0 bridgehead atoms. The minimum Gasteiger partial charge on any atom is -0.127 e. The van der Waals surface area contributed by atoms with Gasteiger partial charge in [-0.1, -0.05) is 45.5 Å². The average Bonchev–Trinajstić information content (AvgIpc) is 1.84. The van der Waals surface area contributed by atoms with E-state index < -0.39 is 8.07 Å². The zero-order chi connectivity index (χ0) is 9.61. The van der Waals surface area contributed by atoms with Crippen LogP contribution in [0.2, 0.25) is 25.7 Å². The zero-order valence-electron chi connectivity index (χ0n) is 8.99. The van der Waals surface area contributed by atoms with Gasteiger partial charge in [-0.3, -0.25) is 0 Å². The number of alkyl halides is 1. The minimum absolute atomic E-state index is 0.813. The molecule has 74 valence electrons. The molecule has 0 aliphatic carbocycles. The van der Waals surface area contributed by atoms with Crippen molar-refractivity contribution >= 4 is 19.7 Å². The maximum absolute atomic E-state index is 5.63. The van der Waals surface area contributed by atoms with E-state index in [1.54, 1.807) is 0 Å². The summed E-state index contributed by atoms with van der Waals surface area (Å²) in [5, 5.41) is 0. The van der Waals surface area contributed by atoms with E-state index in [0.717, 1.165) is 11.8 Å². The lowest BCUT2D eigenvalue weighted by Crippen LogP contribution is -2.22. The average molecular weight is 207 g/mol. The minimum atomic E-state index is -0.813. The molecule has 1 atom stereocenters. The van der Waals surface area contributed by atoms with E-state index in [-0.39, 0.29) is 0 Å². The molecule has 0 aromatic heterocycles. The SMILES string of the molecule is CC(CCCCCl)C[Si](C)(C)C. The summed E-state index contributed by atoms with van der Waals surface area (Å²) in [4.78, 5) is 0. The van der Waals surface area contributed by atoms with E-state index in [0.29, 0.717) is 0 Å². The second-order valence-electron chi connectivity index (χ2n) is 5.05. The maximum Gasteiger partial charge on any atom is 0.0445 e. The molecule has 0 aromatic rings. The number of unbranched alkanes of at least 4 members (excludes halogenated alkanes) is 1. The van der Waals surface area contributed by atoms with Crippen LogP contribution in [0.4, 0.5) is 0 Å². The standard InChI is InChI=1S/C10H23ClSi/c1-10(7-5-6-8-11)9-12(2,3)4/h10H,5-9H2,1-4H3. The fourth-order valence-corrected chi connectivity index (χ4v) is 4.22. The highest BCUT2D eigenvalue weighted by Gasteiger charge is 2.16. The molecule has 0 spiro atoms. The van der Waals surface area contributed by atoms with E-state index in [1.807, 2.05) is 0 Å². The van der Waals surface area contributed by atoms with Crippen molar-refractivity contribution in [1.82, 2.24) is 0 Å². The third kappa shape index (κ3) is 8.60. The van der Waals surface area contributed by atoms with E-state index in [4.69, 9.17) is 11.6 Å². The smallest absolute Gasteiger partial charge is 0.0445 e. The molecular weight excluding hydrogens is 184 g/mol. The van der Waals surface area contributed by atoms with E-state index in [1.165, 1.54) is 25.3 Å². The Morgan fingerprint density at radius 1 is 1.17 bits per heavy atom. The Hall–Kier alpha value is 0.507. The van der Waals surface area contributed by atoms with Gasteiger partial charge in [-0.2, -0.15) is 0 Å². The van der Waals surface area contributed by atoms with Crippen LogP contribution >= 0.6 is 11.6 Å². The summed E-state index contributed by atoms with van der Waals surface area (Å²) >= 11 is 5.63. The summed E-state index contributed by atoms with van der Waals surface area (Å²) < 4.78 is 0. The number of hydrogen-bond acceptors (Lipinski definition) is 0. The largest absolute Gasteiger partial charge is 0.127 e. The predicted molar refractivity (Wildman–Crippen MR) is 61.9 cm³/mol. The predicted octanol–water partition coefficient (Wildman–Crippen LogP) is 4.37. The van der Waals surface area contributed by atoms with Crippen molar-refractivity contribution in [2.45, 2.75) is 51.9 Å². The Balaban J connectivity index is 3.40. The number of rotatable bonds is 6. The third-order valence-corrected chi connectivity index (χ3v) is 4.23. The Kier molecular flexibility index (Phi) is 6.29. The maximum atomic E-state index is 5.63. The Morgan fingerprint density at radius 2 is 1.75 bits per heavy atom. The van der Waals surface area contributed by atoms with Crippen molar-refractivity contribution in [2.24, 2.45) is 5.92 Å². The van der Waals surface area contributed by atoms with Crippen molar-refractivity contribution in [3.63, 3.8) is 0 Å². The monoisotopic (exact) mass is 206 g/mol. The first-order chi connectivity index (χ1) is 5.45. The van der Waals surface area contributed by atoms with Gasteiger partial charge in [0.05, 0.1) is 0 Å². The summed E-state index contributed by atoms with van der Waals surface area (Å²) in [6.07, 6.45) is 3.88. The topological polar surface area (TPSA) is 0 Å². The summed E-state index contributed by atoms with van der Waals surface area (Å²) in [5.41, 5.74) is 0. The van der Waals surface area contributed by atoms with Crippen LogP contribution < -0.4 is 0 Å². The Labute approximate surface area is 83.7 Å². The second-order valence-corrected chi connectivity index (χ2v) is 11.0. The Bertz CT molecular complexity index is 107. The summed E-state index contributed by atoms with van der Waals surface area (Å²) in [6.45, 7) is 9.73. The zero-order valence-corrected chi connectivity index (χ0v) is 10.7. The molecule has 2 heteroatoms. The molecule has 0 nitrogen and oxygen atoms in total. The molecule has 0 aliphatic heterocycles. The summed E-state index contributed by atoms with van der Waals surface area (Å²) in [6, 6.07) is 1.47. The first-order valence-corrected chi connectivity index (χ1v) is 9.26. The highest BCUT2D eigenvalue weighted by atomic mass is 35.5. The molecular formula is C10H23ClSi. The molecule has 0 N–H and O–H groups in total. The lowest BCUT2D eigenvalue weighted by molar-refractivity contribution is 0.544. The lowest BCUT2D eigenvalue weighted by atomic mass is 10.1. The fourth-order valence-electron chi connectivity index (χ4n) is 1.73. The van der Waals surface area contributed by atoms with Crippen LogP contribution in [0, 0.1) is 5.92 Å². The molecule has 0 aromatic carbocycles. The van der Waals surface area contributed by atoms with Crippen LogP contribution in [-0.2, 0) is 0 Å². The number of hydrogen-bond donors (Lipinski definition) is 0. The first-order valence-electron chi connectivity index (χ1n) is 5.01. The molecule has 0 radical (unpaired) electrons. The highest BCUT2D eigenvalue weighted by molar-refractivity contribution is 6.76. The van der Waals surface area contributed by atoms with Crippen molar-refractivity contribution in [1.29, 1.82) is 0 Å². The van der Waals surface area contributed by atoms with Crippen molar-refractivity contribution < 1.29 is 0 Å². The van der Waals surface area contributed by atoms with Crippen molar-refractivity contribution in [2.75, 3.05) is 5.88 Å². The third-order valence-electron chi connectivity index (χ3n) is 2.04. The van der Waals surface area contributed by atoms with Crippen LogP contribution in [0.3, 0.4) is 0 Å². The van der Waals surface area contributed by atoms with E-state index >= 15 is 0 Å². The van der Waals surface area contributed by atoms with Gasteiger partial charge in [0.25, 0.3) is 0 Å². The molecule has 12 heavy (non-hydrogen) atoms. The van der Waals surface area contributed by atoms with Gasteiger partial charge in [0, 0.05) is 14.0 Å². The van der Waals surface area contributed by atoms with Gasteiger partial charge in [-0.25, -0.2) is 0 Å². The fraction of sp³-hybridized carbons (Fsp3) is 1.00. The normalized spacial score (nSPS) is 14.8.